The van der Waals surface area contributed by atoms with Crippen LogP contribution in [-0.2, 0) is 17.8 Å². The zero-order chi connectivity index (χ0) is 15.5. The van der Waals surface area contributed by atoms with E-state index in [-0.39, 0.29) is 11.9 Å². The lowest BCUT2D eigenvalue weighted by atomic mass is 10.2. The largest absolute Gasteiger partial charge is 0.348 e. The molecule has 0 saturated carbocycles. The fraction of sp³-hybridized carbons (Fsp3) is 0.429. The molecule has 0 fully saturated rings. The highest BCUT2D eigenvalue weighted by molar-refractivity contribution is 7.14. The van der Waals surface area contributed by atoms with Crippen molar-refractivity contribution in [2.24, 2.45) is 0 Å². The maximum absolute atomic E-state index is 12.1. The van der Waals surface area contributed by atoms with Crippen LogP contribution in [0.4, 0.5) is 0 Å². The minimum atomic E-state index is -0.130. The van der Waals surface area contributed by atoms with Crippen LogP contribution < -0.4 is 5.32 Å². The summed E-state index contributed by atoms with van der Waals surface area (Å²) in [6.07, 6.45) is 6.81. The molecule has 0 saturated heterocycles. The molecule has 0 unspecified atom stereocenters. The molecule has 0 radical (unpaired) electrons. The number of aromatic nitrogens is 5. The second kappa shape index (κ2) is 6.27. The van der Waals surface area contributed by atoms with E-state index in [4.69, 9.17) is 0 Å². The van der Waals surface area contributed by atoms with E-state index in [0.717, 1.165) is 22.9 Å². The minimum absolute atomic E-state index is 0.00701. The summed E-state index contributed by atoms with van der Waals surface area (Å²) in [5.41, 5.74) is 2.57. The molecule has 3 heterocycles. The van der Waals surface area contributed by atoms with Crippen LogP contribution in [0, 0.1) is 0 Å². The number of rotatable bonds is 6. The molecule has 22 heavy (non-hydrogen) atoms. The van der Waals surface area contributed by atoms with Crippen LogP contribution in [0.2, 0.25) is 0 Å². The van der Waals surface area contributed by atoms with Crippen LogP contribution in [-0.4, -0.2) is 30.1 Å². The Labute approximate surface area is 132 Å². The molecule has 0 aromatic carbocycles. The van der Waals surface area contributed by atoms with Crippen molar-refractivity contribution < 1.29 is 4.79 Å². The summed E-state index contributed by atoms with van der Waals surface area (Å²) in [6, 6.07) is -0.130. The highest BCUT2D eigenvalue weighted by Gasteiger charge is 2.14. The van der Waals surface area contributed by atoms with E-state index in [0.29, 0.717) is 13.0 Å². The first kappa shape index (κ1) is 14.7. The monoisotopic (exact) mass is 318 g/mol. The molecule has 116 valence electrons. The number of nitrogens with zero attached hydrogens (tertiary/aromatic N) is 5. The van der Waals surface area contributed by atoms with Gasteiger partial charge in [-0.15, -0.1) is 0 Å². The normalized spacial score (nSPS) is 12.6. The average Bonchev–Trinajstić information content (AvgIpc) is 3.19. The smallest absolute Gasteiger partial charge is 0.222 e. The number of amides is 1. The molecule has 3 aromatic rings. The van der Waals surface area contributed by atoms with Gasteiger partial charge in [-0.2, -0.15) is 5.10 Å². The Morgan fingerprint density at radius 2 is 2.36 bits per heavy atom. The molecule has 0 aliphatic carbocycles. The fourth-order valence-electron chi connectivity index (χ4n) is 2.33. The number of aryl methyl sites for hydroxylation is 2. The standard InChI is InChI=1S/C14H18N6OS/c1-3-12-15-5-7-19(12)6-4-13(21)17-10(2)11-8-20-14(18-11)22-9-16-20/h5,7-10H,3-4,6H2,1-2H3,(H,17,21)/t10-/m0/s1. The van der Waals surface area contributed by atoms with Gasteiger partial charge in [-0.3, -0.25) is 4.79 Å². The third kappa shape index (κ3) is 3.01. The summed E-state index contributed by atoms with van der Waals surface area (Å²) in [5, 5.41) is 7.11. The van der Waals surface area contributed by atoms with Gasteiger partial charge in [0.1, 0.15) is 11.3 Å². The minimum Gasteiger partial charge on any atom is -0.348 e. The maximum atomic E-state index is 12.1. The van der Waals surface area contributed by atoms with Crippen LogP contribution in [0.1, 0.15) is 37.8 Å². The summed E-state index contributed by atoms with van der Waals surface area (Å²) in [4.78, 5) is 21.6. The molecule has 0 aliphatic rings. The van der Waals surface area contributed by atoms with Crippen molar-refractivity contribution in [3.63, 3.8) is 0 Å². The first-order chi connectivity index (χ1) is 10.7. The van der Waals surface area contributed by atoms with Crippen LogP contribution in [0.3, 0.4) is 0 Å². The highest BCUT2D eigenvalue weighted by atomic mass is 32.1. The van der Waals surface area contributed by atoms with Crippen molar-refractivity contribution in [2.45, 2.75) is 39.3 Å². The van der Waals surface area contributed by atoms with E-state index >= 15 is 0 Å². The first-order valence-corrected chi connectivity index (χ1v) is 8.13. The molecule has 7 nitrogen and oxygen atoms in total. The third-order valence-corrected chi connectivity index (χ3v) is 4.21. The van der Waals surface area contributed by atoms with Crippen molar-refractivity contribution >= 4 is 22.2 Å². The van der Waals surface area contributed by atoms with E-state index < -0.39 is 0 Å². The lowest BCUT2D eigenvalue weighted by molar-refractivity contribution is -0.122. The number of nitrogens with one attached hydrogen (secondary N) is 1. The van der Waals surface area contributed by atoms with Crippen molar-refractivity contribution in [3.8, 4) is 0 Å². The Hall–Kier alpha value is -2.22. The van der Waals surface area contributed by atoms with Gasteiger partial charge in [0.05, 0.1) is 17.9 Å². The van der Waals surface area contributed by atoms with Crippen LogP contribution >= 0.6 is 11.3 Å². The molecular formula is C14H18N6OS. The molecule has 3 aromatic heterocycles. The Morgan fingerprint density at radius 3 is 3.14 bits per heavy atom. The second-order valence-electron chi connectivity index (χ2n) is 5.06. The molecule has 3 rings (SSSR count). The van der Waals surface area contributed by atoms with Gasteiger partial charge in [0, 0.05) is 31.8 Å². The first-order valence-electron chi connectivity index (χ1n) is 7.25. The summed E-state index contributed by atoms with van der Waals surface area (Å²) < 4.78 is 3.74. The Kier molecular flexibility index (Phi) is 4.19. The predicted octanol–water partition coefficient (Wildman–Crippen LogP) is 1.82. The lowest BCUT2D eigenvalue weighted by Crippen LogP contribution is -2.27. The molecular weight excluding hydrogens is 300 g/mol. The second-order valence-corrected chi connectivity index (χ2v) is 5.87. The summed E-state index contributed by atoms with van der Waals surface area (Å²) in [7, 11) is 0. The zero-order valence-corrected chi connectivity index (χ0v) is 13.4. The maximum Gasteiger partial charge on any atom is 0.222 e. The van der Waals surface area contributed by atoms with Gasteiger partial charge in [0.15, 0.2) is 0 Å². The van der Waals surface area contributed by atoms with Gasteiger partial charge < -0.3 is 9.88 Å². The van der Waals surface area contributed by atoms with Gasteiger partial charge >= 0.3 is 0 Å². The predicted molar refractivity (Wildman–Crippen MR) is 83.6 cm³/mol. The summed E-state index contributed by atoms with van der Waals surface area (Å²) in [6.45, 7) is 4.63. The molecule has 1 amide bonds. The number of hydrogen-bond acceptors (Lipinski definition) is 5. The molecule has 8 heteroatoms. The Morgan fingerprint density at radius 1 is 1.50 bits per heavy atom. The highest BCUT2D eigenvalue weighted by Crippen LogP contribution is 2.15. The number of fused-ring (bicyclic) bond motifs is 1. The zero-order valence-electron chi connectivity index (χ0n) is 12.6. The van der Waals surface area contributed by atoms with E-state index in [9.17, 15) is 4.79 Å². The quantitative estimate of drug-likeness (QED) is 0.752. The molecule has 1 atom stereocenters. The van der Waals surface area contributed by atoms with Crippen LogP contribution in [0.25, 0.3) is 4.96 Å². The fourth-order valence-corrected chi connectivity index (χ4v) is 2.94. The van der Waals surface area contributed by atoms with Crippen LogP contribution in [0.5, 0.6) is 0 Å². The number of carbonyl (C=O) groups is 1. The molecule has 0 bridgehead atoms. The number of imidazole rings is 2. The average molecular weight is 318 g/mol. The van der Waals surface area contributed by atoms with Crippen LogP contribution in [0.15, 0.2) is 24.1 Å². The summed E-state index contributed by atoms with van der Waals surface area (Å²) >= 11 is 1.47. The number of carbonyl (C=O) groups excluding carboxylic acids is 1. The van der Waals surface area contributed by atoms with Crippen molar-refractivity contribution in [2.75, 3.05) is 0 Å². The number of hydrogen-bond donors (Lipinski definition) is 1. The molecule has 1 N–H and O–H groups in total. The van der Waals surface area contributed by atoms with E-state index in [2.05, 4.69) is 27.3 Å². The Balaban J connectivity index is 1.56. The Bertz CT molecular complexity index is 745. The SMILES string of the molecule is CCc1nccn1CCC(=O)N[C@@H](C)c1cn2ncsc2n1. The van der Waals surface area contributed by atoms with E-state index in [1.807, 2.05) is 23.9 Å². The van der Waals surface area contributed by atoms with E-state index in [1.165, 1.54) is 11.3 Å². The van der Waals surface area contributed by atoms with Crippen molar-refractivity contribution in [1.82, 2.24) is 29.5 Å². The van der Waals surface area contributed by atoms with Gasteiger partial charge in [-0.05, 0) is 6.92 Å². The molecule has 0 spiro atoms. The lowest BCUT2D eigenvalue weighted by Gasteiger charge is -2.12. The topological polar surface area (TPSA) is 77.1 Å². The van der Waals surface area contributed by atoms with Gasteiger partial charge in [0.25, 0.3) is 0 Å². The summed E-state index contributed by atoms with van der Waals surface area (Å²) in [5.74, 6) is 1.01. The third-order valence-electron chi connectivity index (χ3n) is 3.52. The van der Waals surface area contributed by atoms with Gasteiger partial charge in [-0.1, -0.05) is 18.3 Å². The van der Waals surface area contributed by atoms with Gasteiger partial charge in [0.2, 0.25) is 10.9 Å². The van der Waals surface area contributed by atoms with Crippen molar-refractivity contribution in [1.29, 1.82) is 0 Å². The van der Waals surface area contributed by atoms with E-state index in [1.54, 1.807) is 16.2 Å². The van der Waals surface area contributed by atoms with Gasteiger partial charge in [-0.25, -0.2) is 14.5 Å². The molecule has 0 aliphatic heterocycles. The van der Waals surface area contributed by atoms with Crippen molar-refractivity contribution in [3.05, 3.63) is 35.6 Å².